The number of carboxylic acids is 1. The second kappa shape index (κ2) is 8.71. The molecule has 24 heavy (non-hydrogen) atoms. The maximum atomic E-state index is 10.8. The van der Waals surface area contributed by atoms with E-state index in [0.29, 0.717) is 6.54 Å². The molecule has 1 N–H and O–H groups in total. The minimum Gasteiger partial charge on any atom is -0.480 e. The van der Waals surface area contributed by atoms with E-state index in [9.17, 15) is 4.79 Å². The van der Waals surface area contributed by atoms with Crippen molar-refractivity contribution in [2.45, 2.75) is 6.92 Å². The molecule has 0 aliphatic heterocycles. The molecule has 0 unspecified atom stereocenters. The van der Waals surface area contributed by atoms with Crippen molar-refractivity contribution >= 4 is 11.5 Å². The molecule has 0 saturated carbocycles. The van der Waals surface area contributed by atoms with Crippen molar-refractivity contribution in [3.63, 3.8) is 0 Å². The van der Waals surface area contributed by atoms with Crippen LogP contribution < -0.4 is 0 Å². The van der Waals surface area contributed by atoms with Crippen LogP contribution in [-0.2, 0) is 4.79 Å². The summed E-state index contributed by atoms with van der Waals surface area (Å²) in [7, 11) is 1.78. The van der Waals surface area contributed by atoms with Gasteiger partial charge in [0, 0.05) is 17.7 Å². The third kappa shape index (κ3) is 5.75. The molecule has 2 aromatic carbocycles. The van der Waals surface area contributed by atoms with Gasteiger partial charge in [0.25, 0.3) is 0 Å². The Morgan fingerprint density at radius 1 is 1.12 bits per heavy atom. The SMILES string of the molecule is Cc1ccc(C#C/C(=C/CN(C)CC(=O)O)c2ccccc2)cc1. The Hall–Kier alpha value is -2.83. The van der Waals surface area contributed by atoms with Crippen LogP contribution in [0.3, 0.4) is 0 Å². The summed E-state index contributed by atoms with van der Waals surface area (Å²) in [5, 5.41) is 8.85. The summed E-state index contributed by atoms with van der Waals surface area (Å²) in [4.78, 5) is 12.5. The first-order valence-corrected chi connectivity index (χ1v) is 7.79. The zero-order valence-corrected chi connectivity index (χ0v) is 14.0. The minimum atomic E-state index is -0.835. The van der Waals surface area contributed by atoms with Gasteiger partial charge in [0.05, 0.1) is 6.54 Å². The standard InChI is InChI=1S/C21H21NO2/c1-17-8-10-18(11-9-17)12-13-20(19-6-4-3-5-7-19)14-15-22(2)16-21(23)24/h3-11,14H,15-16H2,1-2H3,(H,23,24)/b20-14-. The number of benzene rings is 2. The van der Waals surface area contributed by atoms with Gasteiger partial charge < -0.3 is 5.11 Å². The van der Waals surface area contributed by atoms with Crippen LogP contribution in [0.4, 0.5) is 0 Å². The number of carbonyl (C=O) groups is 1. The lowest BCUT2D eigenvalue weighted by Gasteiger charge is -2.11. The van der Waals surface area contributed by atoms with Crippen molar-refractivity contribution < 1.29 is 9.90 Å². The van der Waals surface area contributed by atoms with Gasteiger partial charge in [-0.15, -0.1) is 0 Å². The van der Waals surface area contributed by atoms with E-state index in [1.165, 1.54) is 5.56 Å². The average molecular weight is 319 g/mol. The Morgan fingerprint density at radius 3 is 2.42 bits per heavy atom. The quantitative estimate of drug-likeness (QED) is 0.858. The predicted octanol–water partition coefficient (Wildman–Crippen LogP) is 3.45. The van der Waals surface area contributed by atoms with Gasteiger partial charge in [-0.25, -0.2) is 0 Å². The van der Waals surface area contributed by atoms with E-state index < -0.39 is 5.97 Å². The third-order valence-corrected chi connectivity index (χ3v) is 3.49. The van der Waals surface area contributed by atoms with E-state index in [4.69, 9.17) is 5.11 Å². The van der Waals surface area contributed by atoms with Gasteiger partial charge in [0.15, 0.2) is 0 Å². The van der Waals surface area contributed by atoms with E-state index in [0.717, 1.165) is 16.7 Å². The number of carboxylic acid groups (broad SMARTS) is 1. The number of likely N-dealkylation sites (N-methyl/N-ethyl adjacent to an activating group) is 1. The van der Waals surface area contributed by atoms with Crippen LogP contribution >= 0.6 is 0 Å². The monoisotopic (exact) mass is 319 g/mol. The lowest BCUT2D eigenvalue weighted by molar-refractivity contribution is -0.137. The minimum absolute atomic E-state index is 0.00393. The van der Waals surface area contributed by atoms with Crippen LogP contribution in [0.25, 0.3) is 5.57 Å². The lowest BCUT2D eigenvalue weighted by atomic mass is 10.0. The molecule has 0 atom stereocenters. The smallest absolute Gasteiger partial charge is 0.317 e. The summed E-state index contributed by atoms with van der Waals surface area (Å²) in [6.45, 7) is 2.58. The van der Waals surface area contributed by atoms with Crippen LogP contribution in [0.15, 0.2) is 60.7 Å². The molecule has 3 nitrogen and oxygen atoms in total. The van der Waals surface area contributed by atoms with Crippen LogP contribution in [0.1, 0.15) is 16.7 Å². The largest absolute Gasteiger partial charge is 0.480 e. The third-order valence-electron chi connectivity index (χ3n) is 3.49. The fraction of sp³-hybridized carbons (Fsp3) is 0.190. The highest BCUT2D eigenvalue weighted by Crippen LogP contribution is 2.13. The second-order valence-electron chi connectivity index (χ2n) is 5.69. The molecule has 2 aromatic rings. The summed E-state index contributed by atoms with van der Waals surface area (Å²) < 4.78 is 0. The molecule has 0 fully saturated rings. The maximum absolute atomic E-state index is 10.8. The van der Waals surface area contributed by atoms with Crippen LogP contribution in [0.5, 0.6) is 0 Å². The highest BCUT2D eigenvalue weighted by molar-refractivity contribution is 5.79. The molecule has 0 saturated heterocycles. The number of hydrogen-bond acceptors (Lipinski definition) is 2. The zero-order valence-electron chi connectivity index (χ0n) is 14.0. The average Bonchev–Trinajstić information content (AvgIpc) is 2.56. The summed E-state index contributed by atoms with van der Waals surface area (Å²) >= 11 is 0. The van der Waals surface area contributed by atoms with Crippen molar-refractivity contribution in [1.29, 1.82) is 0 Å². The van der Waals surface area contributed by atoms with E-state index in [1.807, 2.05) is 67.6 Å². The molecule has 0 heterocycles. The Bertz CT molecular complexity index is 765. The molecule has 0 aliphatic rings. The number of aryl methyl sites for hydroxylation is 1. The Balaban J connectivity index is 2.24. The highest BCUT2D eigenvalue weighted by atomic mass is 16.4. The first-order chi connectivity index (χ1) is 11.5. The van der Waals surface area contributed by atoms with E-state index in [1.54, 1.807) is 11.9 Å². The fourth-order valence-electron chi connectivity index (χ4n) is 2.18. The van der Waals surface area contributed by atoms with Gasteiger partial charge in [-0.1, -0.05) is 65.9 Å². The van der Waals surface area contributed by atoms with Gasteiger partial charge in [-0.2, -0.15) is 0 Å². The molecular formula is C21H21NO2. The number of allylic oxidation sites excluding steroid dienone is 1. The van der Waals surface area contributed by atoms with E-state index in [-0.39, 0.29) is 6.54 Å². The zero-order chi connectivity index (χ0) is 17.4. The second-order valence-corrected chi connectivity index (χ2v) is 5.69. The van der Waals surface area contributed by atoms with Gasteiger partial charge in [0.2, 0.25) is 0 Å². The Kier molecular flexibility index (Phi) is 6.36. The van der Waals surface area contributed by atoms with Crippen LogP contribution in [0, 0.1) is 18.8 Å². The molecule has 122 valence electrons. The molecule has 0 spiro atoms. The summed E-state index contributed by atoms with van der Waals surface area (Å²) in [5.74, 6) is 5.56. The summed E-state index contributed by atoms with van der Waals surface area (Å²) in [5.41, 5.74) is 4.09. The van der Waals surface area contributed by atoms with Crippen molar-refractivity contribution in [2.24, 2.45) is 0 Å². The number of rotatable bonds is 5. The summed E-state index contributed by atoms with van der Waals surface area (Å²) in [6.07, 6.45) is 1.97. The van der Waals surface area contributed by atoms with E-state index in [2.05, 4.69) is 11.8 Å². The first-order valence-electron chi connectivity index (χ1n) is 7.79. The Morgan fingerprint density at radius 2 is 1.79 bits per heavy atom. The van der Waals surface area contributed by atoms with Crippen molar-refractivity contribution in [2.75, 3.05) is 20.1 Å². The normalized spacial score (nSPS) is 11.0. The Labute approximate surface area is 143 Å². The number of hydrogen-bond donors (Lipinski definition) is 1. The van der Waals surface area contributed by atoms with Gasteiger partial charge in [-0.05, 0) is 31.7 Å². The van der Waals surface area contributed by atoms with E-state index >= 15 is 0 Å². The highest BCUT2D eigenvalue weighted by Gasteiger charge is 2.03. The molecular weight excluding hydrogens is 298 g/mol. The van der Waals surface area contributed by atoms with Gasteiger partial charge in [-0.3, -0.25) is 9.69 Å². The van der Waals surface area contributed by atoms with Gasteiger partial charge >= 0.3 is 5.97 Å². The lowest BCUT2D eigenvalue weighted by Crippen LogP contribution is -2.25. The van der Waals surface area contributed by atoms with Crippen molar-refractivity contribution in [3.8, 4) is 11.8 Å². The number of aliphatic carboxylic acids is 1. The molecule has 0 radical (unpaired) electrons. The van der Waals surface area contributed by atoms with Crippen molar-refractivity contribution in [1.82, 2.24) is 4.90 Å². The molecule has 0 aliphatic carbocycles. The van der Waals surface area contributed by atoms with Crippen molar-refractivity contribution in [3.05, 3.63) is 77.4 Å². The molecule has 0 aromatic heterocycles. The molecule has 0 bridgehead atoms. The predicted molar refractivity (Wildman–Crippen MR) is 97.6 cm³/mol. The van der Waals surface area contributed by atoms with Crippen LogP contribution in [-0.4, -0.2) is 36.1 Å². The molecule has 0 amide bonds. The topological polar surface area (TPSA) is 40.5 Å². The van der Waals surface area contributed by atoms with Crippen LogP contribution in [0.2, 0.25) is 0 Å². The fourth-order valence-corrected chi connectivity index (χ4v) is 2.18. The summed E-state index contributed by atoms with van der Waals surface area (Å²) in [6, 6.07) is 18.0. The molecule has 3 heteroatoms. The maximum Gasteiger partial charge on any atom is 0.317 e. The molecule has 2 rings (SSSR count). The van der Waals surface area contributed by atoms with Gasteiger partial charge in [0.1, 0.15) is 0 Å². The number of nitrogens with zero attached hydrogens (tertiary/aromatic N) is 1. The first kappa shape index (κ1) is 17.5.